The number of amides is 1. The molecule has 0 aliphatic carbocycles. The van der Waals surface area contributed by atoms with Crippen molar-refractivity contribution in [1.82, 2.24) is 29.6 Å². The Morgan fingerprint density at radius 1 is 1.35 bits per heavy atom. The summed E-state index contributed by atoms with van der Waals surface area (Å²) in [5.41, 5.74) is 2.00. The van der Waals surface area contributed by atoms with Gasteiger partial charge in [0, 0.05) is 41.3 Å². The van der Waals surface area contributed by atoms with Crippen LogP contribution in [0.1, 0.15) is 27.2 Å². The van der Waals surface area contributed by atoms with Crippen LogP contribution < -0.4 is 5.32 Å². The highest BCUT2D eigenvalue weighted by Gasteiger charge is 2.15. The van der Waals surface area contributed by atoms with E-state index in [0.717, 1.165) is 16.1 Å². The van der Waals surface area contributed by atoms with Crippen LogP contribution in [-0.2, 0) is 13.1 Å². The van der Waals surface area contributed by atoms with E-state index in [1.165, 1.54) is 11.3 Å². The molecule has 4 aromatic rings. The molecule has 4 rings (SSSR count). The minimum Gasteiger partial charge on any atom is -0.346 e. The lowest BCUT2D eigenvalue weighted by molar-refractivity contribution is 0.0935. The van der Waals surface area contributed by atoms with E-state index >= 15 is 0 Å². The topological polar surface area (TPSA) is 101 Å². The Morgan fingerprint density at radius 2 is 2.23 bits per heavy atom. The van der Waals surface area contributed by atoms with Crippen molar-refractivity contribution in [2.24, 2.45) is 0 Å². The predicted octanol–water partition coefficient (Wildman–Crippen LogP) is 3.59. The molecule has 1 amide bonds. The predicted molar refractivity (Wildman–Crippen MR) is 118 cm³/mol. The maximum atomic E-state index is 12.5. The second kappa shape index (κ2) is 9.12. The van der Waals surface area contributed by atoms with Gasteiger partial charge in [0.05, 0.1) is 35.7 Å². The van der Waals surface area contributed by atoms with Gasteiger partial charge in [0.1, 0.15) is 6.07 Å². The number of carbonyl (C=O) groups excluding carboxylic acids is 1. The summed E-state index contributed by atoms with van der Waals surface area (Å²) in [4.78, 5) is 21.8. The first kappa shape index (κ1) is 20.8. The van der Waals surface area contributed by atoms with Crippen LogP contribution in [0.2, 0.25) is 5.02 Å². The number of hydrogen-bond acceptors (Lipinski definition) is 6. The molecule has 156 valence electrons. The van der Waals surface area contributed by atoms with Crippen molar-refractivity contribution in [3.8, 4) is 17.3 Å². The van der Waals surface area contributed by atoms with Gasteiger partial charge in [0.25, 0.3) is 5.91 Å². The normalized spacial score (nSPS) is 11.8. The van der Waals surface area contributed by atoms with Crippen LogP contribution in [-0.4, -0.2) is 36.3 Å². The van der Waals surface area contributed by atoms with Crippen LogP contribution >= 0.6 is 22.9 Å². The molecule has 0 fully saturated rings. The molecule has 8 nitrogen and oxygen atoms in total. The minimum absolute atomic E-state index is 0.147. The number of aromatic nitrogens is 5. The van der Waals surface area contributed by atoms with Gasteiger partial charge in [-0.1, -0.05) is 17.7 Å². The van der Waals surface area contributed by atoms with Crippen LogP contribution in [0, 0.1) is 11.3 Å². The first-order valence-corrected chi connectivity index (χ1v) is 10.7. The van der Waals surface area contributed by atoms with Crippen molar-refractivity contribution in [2.75, 3.05) is 0 Å². The lowest BCUT2D eigenvalue weighted by atomic mass is 10.1. The Morgan fingerprint density at radius 3 is 2.97 bits per heavy atom. The molecule has 0 saturated heterocycles. The molecular formula is C21H18ClN7OS. The third-order valence-electron chi connectivity index (χ3n) is 4.51. The highest BCUT2D eigenvalue weighted by molar-refractivity contribution is 7.13. The minimum atomic E-state index is -0.208. The van der Waals surface area contributed by atoms with Gasteiger partial charge < -0.3 is 9.88 Å². The molecule has 1 aromatic carbocycles. The molecule has 0 aliphatic heterocycles. The van der Waals surface area contributed by atoms with Crippen molar-refractivity contribution in [3.05, 3.63) is 75.9 Å². The molecule has 1 unspecified atom stereocenters. The van der Waals surface area contributed by atoms with Crippen molar-refractivity contribution >= 4 is 28.8 Å². The van der Waals surface area contributed by atoms with Gasteiger partial charge in [0.15, 0.2) is 5.01 Å². The smallest absolute Gasteiger partial charge is 0.280 e. The fourth-order valence-electron chi connectivity index (χ4n) is 3.04. The summed E-state index contributed by atoms with van der Waals surface area (Å²) in [5, 5.41) is 17.3. The largest absolute Gasteiger partial charge is 0.346 e. The lowest BCUT2D eigenvalue weighted by Crippen LogP contribution is -2.35. The van der Waals surface area contributed by atoms with Crippen molar-refractivity contribution in [2.45, 2.75) is 26.1 Å². The summed E-state index contributed by atoms with van der Waals surface area (Å²) in [6.45, 7) is 3.05. The number of hydrogen-bond donors (Lipinski definition) is 1. The Hall–Kier alpha value is -3.48. The Balaban J connectivity index is 1.35. The van der Waals surface area contributed by atoms with Crippen molar-refractivity contribution in [1.29, 1.82) is 5.26 Å². The summed E-state index contributed by atoms with van der Waals surface area (Å²) >= 11 is 7.48. The maximum absolute atomic E-state index is 12.5. The molecule has 0 spiro atoms. The summed E-state index contributed by atoms with van der Waals surface area (Å²) in [6, 6.07) is 8.98. The summed E-state index contributed by atoms with van der Waals surface area (Å²) in [6.07, 6.45) is 8.87. The van der Waals surface area contributed by atoms with Crippen LogP contribution in [0.3, 0.4) is 0 Å². The van der Waals surface area contributed by atoms with E-state index in [2.05, 4.69) is 20.4 Å². The molecule has 3 heterocycles. The number of benzene rings is 1. The van der Waals surface area contributed by atoms with Crippen LogP contribution in [0.5, 0.6) is 0 Å². The Kier molecular flexibility index (Phi) is 6.11. The number of rotatable bonds is 7. The quantitative estimate of drug-likeness (QED) is 0.462. The van der Waals surface area contributed by atoms with Gasteiger partial charge >= 0.3 is 0 Å². The molecule has 1 atom stereocenters. The zero-order valence-corrected chi connectivity index (χ0v) is 18.1. The van der Waals surface area contributed by atoms with Gasteiger partial charge in [-0.2, -0.15) is 10.4 Å². The highest BCUT2D eigenvalue weighted by Crippen LogP contribution is 2.24. The zero-order chi connectivity index (χ0) is 21.8. The Labute approximate surface area is 187 Å². The SMILES string of the molecule is CC(Cn1ccc(-c2ccc(C#N)c(Cl)c2)n1)NC(=O)c1ncc(Cn2ccnc2)s1. The third kappa shape index (κ3) is 4.99. The van der Waals surface area contributed by atoms with Gasteiger partial charge in [-0.05, 0) is 25.1 Å². The number of nitriles is 1. The van der Waals surface area contributed by atoms with E-state index in [4.69, 9.17) is 16.9 Å². The number of imidazole rings is 1. The van der Waals surface area contributed by atoms with E-state index in [9.17, 15) is 4.79 Å². The fraction of sp³-hybridized carbons (Fsp3) is 0.190. The van der Waals surface area contributed by atoms with E-state index in [0.29, 0.717) is 28.7 Å². The highest BCUT2D eigenvalue weighted by atomic mass is 35.5. The van der Waals surface area contributed by atoms with E-state index in [1.54, 1.807) is 35.5 Å². The number of thiazole rings is 1. The molecule has 0 bridgehead atoms. The second-order valence-corrected chi connectivity index (χ2v) is 8.49. The van der Waals surface area contributed by atoms with Gasteiger partial charge in [-0.15, -0.1) is 11.3 Å². The lowest BCUT2D eigenvalue weighted by Gasteiger charge is -2.13. The average molecular weight is 452 g/mol. The van der Waals surface area contributed by atoms with E-state index in [-0.39, 0.29) is 11.9 Å². The summed E-state index contributed by atoms with van der Waals surface area (Å²) in [7, 11) is 0. The van der Waals surface area contributed by atoms with Gasteiger partial charge in [0.2, 0.25) is 0 Å². The molecule has 1 N–H and O–H groups in total. The number of nitrogens with one attached hydrogen (secondary N) is 1. The van der Waals surface area contributed by atoms with Crippen LogP contribution in [0.4, 0.5) is 0 Å². The maximum Gasteiger partial charge on any atom is 0.280 e. The molecule has 3 aromatic heterocycles. The van der Waals surface area contributed by atoms with Crippen LogP contribution in [0.15, 0.2) is 55.4 Å². The summed E-state index contributed by atoms with van der Waals surface area (Å²) in [5.74, 6) is -0.208. The van der Waals surface area contributed by atoms with Crippen LogP contribution in [0.25, 0.3) is 11.3 Å². The molecule has 0 saturated carbocycles. The van der Waals surface area contributed by atoms with E-state index < -0.39 is 0 Å². The summed E-state index contributed by atoms with van der Waals surface area (Å²) < 4.78 is 3.69. The number of nitrogens with zero attached hydrogens (tertiary/aromatic N) is 6. The molecular weight excluding hydrogens is 434 g/mol. The first-order chi connectivity index (χ1) is 15.0. The molecule has 0 radical (unpaired) electrons. The van der Waals surface area contributed by atoms with Crippen molar-refractivity contribution in [3.63, 3.8) is 0 Å². The average Bonchev–Trinajstić information content (AvgIpc) is 3.50. The van der Waals surface area contributed by atoms with E-state index in [1.807, 2.05) is 42.1 Å². The van der Waals surface area contributed by atoms with Gasteiger partial charge in [-0.25, -0.2) is 9.97 Å². The van der Waals surface area contributed by atoms with Gasteiger partial charge in [-0.3, -0.25) is 9.48 Å². The third-order valence-corrected chi connectivity index (χ3v) is 5.80. The monoisotopic (exact) mass is 451 g/mol. The number of carbonyl (C=O) groups is 1. The molecule has 31 heavy (non-hydrogen) atoms. The molecule has 0 aliphatic rings. The Bertz CT molecular complexity index is 1240. The van der Waals surface area contributed by atoms with Crippen molar-refractivity contribution < 1.29 is 4.79 Å². The zero-order valence-electron chi connectivity index (χ0n) is 16.6. The standard InChI is InChI=1S/C21H18ClN7OS/c1-14(26-20(30)21-25-10-17(31-21)12-28-7-5-24-13-28)11-29-6-4-19(27-29)15-2-3-16(9-23)18(22)8-15/h2-8,10,13-14H,11-12H2,1H3,(H,26,30). The first-order valence-electron chi connectivity index (χ1n) is 9.46. The molecule has 10 heteroatoms. The second-order valence-electron chi connectivity index (χ2n) is 6.97. The fourth-order valence-corrected chi connectivity index (χ4v) is 4.09. The number of halogens is 1.